The van der Waals surface area contributed by atoms with E-state index in [0.717, 1.165) is 16.4 Å². The fourth-order valence-electron chi connectivity index (χ4n) is 1.87. The van der Waals surface area contributed by atoms with Gasteiger partial charge in [0.2, 0.25) is 0 Å². The Morgan fingerprint density at radius 2 is 1.67 bits per heavy atom. The molecule has 0 aliphatic heterocycles. The summed E-state index contributed by atoms with van der Waals surface area (Å²) in [5.74, 6) is -2.13. The van der Waals surface area contributed by atoms with Crippen LogP contribution in [0.3, 0.4) is 0 Å². The number of rotatable bonds is 4. The molecular weight excluding hydrogens is 320 g/mol. The molecule has 7 heteroatoms. The van der Waals surface area contributed by atoms with Crippen LogP contribution in [0.15, 0.2) is 47.4 Å². The van der Waals surface area contributed by atoms with Gasteiger partial charge in [-0.05, 0) is 43.3 Å². The lowest BCUT2D eigenvalue weighted by Gasteiger charge is -2.23. The average Bonchev–Trinajstić information content (AvgIpc) is 2.44. The number of hydrogen-bond acceptors (Lipinski definition) is 2. The van der Waals surface area contributed by atoms with E-state index < -0.39 is 21.7 Å². The molecule has 0 aliphatic carbocycles. The third-order valence-corrected chi connectivity index (χ3v) is 5.05. The molecule has 0 saturated heterocycles. The summed E-state index contributed by atoms with van der Waals surface area (Å²) in [4.78, 5) is 0.0264. The van der Waals surface area contributed by atoms with Crippen LogP contribution in [-0.4, -0.2) is 15.0 Å². The summed E-state index contributed by atoms with van der Waals surface area (Å²) in [6, 6.07) is 8.59. The Balaban J connectivity index is 2.48. The Morgan fingerprint density at radius 1 is 1.05 bits per heavy atom. The third-order valence-electron chi connectivity index (χ3n) is 2.88. The number of anilines is 1. The van der Waals surface area contributed by atoms with Gasteiger partial charge in [0.05, 0.1) is 10.6 Å². The predicted molar refractivity (Wildman–Crippen MR) is 78.0 cm³/mol. The van der Waals surface area contributed by atoms with Crippen molar-refractivity contribution in [2.45, 2.75) is 11.8 Å². The molecule has 0 aromatic heterocycles. The second kappa shape index (κ2) is 5.99. The molecule has 2 aromatic rings. The summed E-state index contributed by atoms with van der Waals surface area (Å²) >= 11 is 5.73. The van der Waals surface area contributed by atoms with Crippen molar-refractivity contribution in [2.75, 3.05) is 10.8 Å². The zero-order valence-corrected chi connectivity index (χ0v) is 12.6. The summed E-state index contributed by atoms with van der Waals surface area (Å²) in [5, 5.41) is 0.407. The Hall–Kier alpha value is -1.66. The van der Waals surface area contributed by atoms with Gasteiger partial charge in [0.25, 0.3) is 10.0 Å². The van der Waals surface area contributed by atoms with Crippen LogP contribution in [0.4, 0.5) is 14.5 Å². The number of sulfonamides is 1. The zero-order valence-electron chi connectivity index (χ0n) is 11.1. The first-order chi connectivity index (χ1) is 9.86. The van der Waals surface area contributed by atoms with E-state index in [0.29, 0.717) is 5.02 Å². The van der Waals surface area contributed by atoms with E-state index in [1.807, 2.05) is 0 Å². The molecule has 0 heterocycles. The second-order valence-electron chi connectivity index (χ2n) is 4.22. The Kier molecular flexibility index (Phi) is 4.49. The van der Waals surface area contributed by atoms with Crippen molar-refractivity contribution in [1.29, 1.82) is 0 Å². The first-order valence-corrected chi connectivity index (χ1v) is 7.91. The van der Waals surface area contributed by atoms with Gasteiger partial charge in [0.15, 0.2) is 11.6 Å². The molecule has 0 N–H and O–H groups in total. The molecule has 0 fully saturated rings. The number of hydrogen-bond donors (Lipinski definition) is 0. The van der Waals surface area contributed by atoms with Crippen molar-refractivity contribution >= 4 is 27.3 Å². The minimum atomic E-state index is -3.86. The summed E-state index contributed by atoms with van der Waals surface area (Å²) in [5.41, 5.74) is 0.0614. The van der Waals surface area contributed by atoms with Crippen LogP contribution in [0.5, 0.6) is 0 Å². The van der Waals surface area contributed by atoms with Crippen LogP contribution in [0, 0.1) is 11.6 Å². The first-order valence-electron chi connectivity index (χ1n) is 6.09. The van der Waals surface area contributed by atoms with Crippen molar-refractivity contribution in [1.82, 2.24) is 0 Å². The monoisotopic (exact) mass is 331 g/mol. The van der Waals surface area contributed by atoms with Crippen molar-refractivity contribution in [3.05, 3.63) is 59.1 Å². The highest BCUT2D eigenvalue weighted by molar-refractivity contribution is 7.92. The van der Waals surface area contributed by atoms with Gasteiger partial charge < -0.3 is 0 Å². The Labute approximate surface area is 126 Å². The normalized spacial score (nSPS) is 11.4. The van der Waals surface area contributed by atoms with E-state index in [9.17, 15) is 17.2 Å². The van der Waals surface area contributed by atoms with Gasteiger partial charge in [0.1, 0.15) is 0 Å². The van der Waals surface area contributed by atoms with Gasteiger partial charge in [-0.15, -0.1) is 0 Å². The van der Waals surface area contributed by atoms with Crippen LogP contribution < -0.4 is 4.31 Å². The van der Waals surface area contributed by atoms with Gasteiger partial charge in [0, 0.05) is 17.6 Å². The van der Waals surface area contributed by atoms with Gasteiger partial charge in [-0.2, -0.15) is 0 Å². The summed E-state index contributed by atoms with van der Waals surface area (Å²) in [6.45, 7) is 1.69. The summed E-state index contributed by atoms with van der Waals surface area (Å²) in [7, 11) is -3.86. The molecule has 112 valence electrons. The second-order valence-corrected chi connectivity index (χ2v) is 6.52. The molecule has 21 heavy (non-hydrogen) atoms. The topological polar surface area (TPSA) is 37.4 Å². The Bertz CT molecular complexity index is 748. The van der Waals surface area contributed by atoms with Crippen molar-refractivity contribution < 1.29 is 17.2 Å². The molecule has 0 amide bonds. The van der Waals surface area contributed by atoms with Crippen LogP contribution in [0.25, 0.3) is 0 Å². The van der Waals surface area contributed by atoms with Crippen molar-refractivity contribution in [3.8, 4) is 0 Å². The van der Waals surface area contributed by atoms with Gasteiger partial charge in [-0.1, -0.05) is 11.6 Å². The molecule has 2 rings (SSSR count). The molecule has 0 aliphatic rings. The molecule has 0 saturated carbocycles. The largest absolute Gasteiger partial charge is 0.267 e. The smallest absolute Gasteiger partial charge is 0.264 e. The SMILES string of the molecule is CCN(c1ccc(F)c(F)c1)S(=O)(=O)c1ccc(Cl)cc1. The molecule has 0 atom stereocenters. The van der Waals surface area contributed by atoms with Crippen LogP contribution >= 0.6 is 11.6 Å². The fraction of sp³-hybridized carbons (Fsp3) is 0.143. The van der Waals surface area contributed by atoms with E-state index in [4.69, 9.17) is 11.6 Å². The van der Waals surface area contributed by atoms with E-state index in [-0.39, 0.29) is 17.1 Å². The molecule has 0 spiro atoms. The lowest BCUT2D eigenvalue weighted by Crippen LogP contribution is -2.30. The quantitative estimate of drug-likeness (QED) is 0.853. The minimum Gasteiger partial charge on any atom is -0.267 e. The first kappa shape index (κ1) is 15.7. The number of nitrogens with zero attached hydrogens (tertiary/aromatic N) is 1. The van der Waals surface area contributed by atoms with Gasteiger partial charge in [-0.25, -0.2) is 17.2 Å². The highest BCUT2D eigenvalue weighted by atomic mass is 35.5. The van der Waals surface area contributed by atoms with Gasteiger partial charge >= 0.3 is 0 Å². The lowest BCUT2D eigenvalue weighted by molar-refractivity contribution is 0.508. The fourth-order valence-corrected chi connectivity index (χ4v) is 3.46. The van der Waals surface area contributed by atoms with E-state index in [1.165, 1.54) is 30.3 Å². The molecule has 2 aromatic carbocycles. The molecule has 3 nitrogen and oxygen atoms in total. The summed E-state index contributed by atoms with van der Waals surface area (Å²) < 4.78 is 52.4. The van der Waals surface area contributed by atoms with E-state index in [1.54, 1.807) is 6.92 Å². The maximum Gasteiger partial charge on any atom is 0.264 e. The number of benzene rings is 2. The van der Waals surface area contributed by atoms with Crippen LogP contribution in [0.1, 0.15) is 6.92 Å². The Morgan fingerprint density at radius 3 is 2.19 bits per heavy atom. The summed E-state index contributed by atoms with van der Waals surface area (Å²) in [6.07, 6.45) is 0. The lowest BCUT2D eigenvalue weighted by atomic mass is 10.3. The maximum absolute atomic E-state index is 13.3. The maximum atomic E-state index is 13.3. The molecule has 0 unspecified atom stereocenters. The highest BCUT2D eigenvalue weighted by Gasteiger charge is 2.24. The third kappa shape index (κ3) is 3.16. The standard InChI is InChI=1S/C14H12ClF2NO2S/c1-2-18(11-5-8-13(16)14(17)9-11)21(19,20)12-6-3-10(15)4-7-12/h3-9H,2H2,1H3. The van der Waals surface area contributed by atoms with Gasteiger partial charge in [-0.3, -0.25) is 4.31 Å². The van der Waals surface area contributed by atoms with Crippen molar-refractivity contribution in [2.24, 2.45) is 0 Å². The van der Waals surface area contributed by atoms with E-state index in [2.05, 4.69) is 0 Å². The predicted octanol–water partition coefficient (Wildman–Crippen LogP) is 3.83. The van der Waals surface area contributed by atoms with Crippen LogP contribution in [-0.2, 0) is 10.0 Å². The average molecular weight is 332 g/mol. The zero-order chi connectivity index (χ0) is 15.6. The molecular formula is C14H12ClF2NO2S. The molecule has 0 radical (unpaired) electrons. The number of halogens is 3. The van der Waals surface area contributed by atoms with Crippen LogP contribution in [0.2, 0.25) is 5.02 Å². The highest BCUT2D eigenvalue weighted by Crippen LogP contribution is 2.25. The minimum absolute atomic E-state index is 0.0264. The van der Waals surface area contributed by atoms with Crippen molar-refractivity contribution in [3.63, 3.8) is 0 Å². The van der Waals surface area contributed by atoms with E-state index >= 15 is 0 Å². The molecule has 0 bridgehead atoms.